The molecule has 0 bridgehead atoms. The zero-order valence-electron chi connectivity index (χ0n) is 7.59. The van der Waals surface area contributed by atoms with E-state index in [4.69, 9.17) is 0 Å². The fraction of sp³-hybridized carbons (Fsp3) is 1.00. The fourth-order valence-electron chi connectivity index (χ4n) is 0.300. The van der Waals surface area contributed by atoms with Crippen molar-refractivity contribution in [3.8, 4) is 0 Å². The molecule has 0 aliphatic carbocycles. The van der Waals surface area contributed by atoms with Gasteiger partial charge in [0.1, 0.15) is 0 Å². The molecular weight excluding hydrogens is 161 g/mol. The Labute approximate surface area is 73.4 Å². The van der Waals surface area contributed by atoms with Crippen LogP contribution < -0.4 is 0 Å². The average Bonchev–Trinajstić information content (AvgIpc) is 1.63. The van der Waals surface area contributed by atoms with Gasteiger partial charge in [-0.25, -0.2) is 0 Å². The second-order valence-corrected chi connectivity index (χ2v) is 4.41. The molecule has 0 aromatic rings. The van der Waals surface area contributed by atoms with E-state index >= 15 is 0 Å². The van der Waals surface area contributed by atoms with Gasteiger partial charge in [0.2, 0.25) is 0 Å². The van der Waals surface area contributed by atoms with Crippen LogP contribution in [0.2, 0.25) is 0 Å². The van der Waals surface area contributed by atoms with Crippen molar-refractivity contribution in [3.05, 3.63) is 0 Å². The van der Waals surface area contributed by atoms with E-state index in [2.05, 4.69) is 49.9 Å². The summed E-state index contributed by atoms with van der Waals surface area (Å²) in [6.07, 6.45) is 1.17. The van der Waals surface area contributed by atoms with Gasteiger partial charge in [-0.3, -0.25) is 0 Å². The van der Waals surface area contributed by atoms with Crippen molar-refractivity contribution >= 4 is 21.9 Å². The monoisotopic (exact) mass is 182 g/mol. The second-order valence-electron chi connectivity index (χ2n) is 3.15. The number of hydrogen-bond donors (Lipinski definition) is 1. The van der Waals surface area contributed by atoms with Crippen LogP contribution in [-0.4, -0.2) is 44.1 Å². The Morgan fingerprint density at radius 1 is 1.30 bits per heavy atom. The van der Waals surface area contributed by atoms with Crippen LogP contribution in [-0.2, 0) is 0 Å². The molecule has 64 valence electrons. The molecule has 1 atom stereocenters. The van der Waals surface area contributed by atoms with Crippen molar-refractivity contribution in [2.45, 2.75) is 6.92 Å². The van der Waals surface area contributed by atoms with E-state index in [0.717, 1.165) is 16.8 Å². The molecule has 0 fully saturated rings. The fourth-order valence-corrected chi connectivity index (χ4v) is 0.900. The quantitative estimate of drug-likeness (QED) is 0.373. The van der Waals surface area contributed by atoms with Crippen molar-refractivity contribution in [3.63, 3.8) is 0 Å². The third kappa shape index (κ3) is 23.3. The summed E-state index contributed by atoms with van der Waals surface area (Å²) in [7, 11) is 9.07. The highest BCUT2D eigenvalue weighted by Gasteiger charge is 2.01. The van der Waals surface area contributed by atoms with E-state index in [1.807, 2.05) is 0 Å². The maximum Gasteiger partial charge on any atom is 0.0869 e. The Bertz CT molecular complexity index is 61.1. The molecule has 0 radical (unpaired) electrons. The highest BCUT2D eigenvalue weighted by atomic mass is 32.1. The Morgan fingerprint density at radius 2 is 1.60 bits per heavy atom. The minimum atomic E-state index is 0.976. The molecule has 0 aromatic carbocycles. The molecule has 10 heavy (non-hydrogen) atoms. The standard InChI is InChI=1S/C5H13NS.C2H7P/c1-6(2,3)4-5-7;1-2-3/h4-5H2,1-3H3;2-3H2,1H3/p+1. The smallest absolute Gasteiger partial charge is 0.0869 e. The van der Waals surface area contributed by atoms with Gasteiger partial charge in [0, 0.05) is 5.75 Å². The lowest BCUT2D eigenvalue weighted by molar-refractivity contribution is -0.867. The predicted molar refractivity (Wildman–Crippen MR) is 57.0 cm³/mol. The SMILES string of the molecule is CCP.C[N+](C)(C)CCS. The van der Waals surface area contributed by atoms with Gasteiger partial charge < -0.3 is 4.48 Å². The average molecular weight is 182 g/mol. The number of hydrogen-bond acceptors (Lipinski definition) is 1. The summed E-state index contributed by atoms with van der Waals surface area (Å²) in [4.78, 5) is 0. The van der Waals surface area contributed by atoms with E-state index in [0.29, 0.717) is 0 Å². The van der Waals surface area contributed by atoms with Gasteiger partial charge in [-0.05, 0) is 6.16 Å². The van der Waals surface area contributed by atoms with E-state index in [-0.39, 0.29) is 0 Å². The Balaban J connectivity index is 0. The van der Waals surface area contributed by atoms with Crippen molar-refractivity contribution in [2.75, 3.05) is 39.6 Å². The summed E-state index contributed by atoms with van der Waals surface area (Å²) in [5.41, 5.74) is 0. The van der Waals surface area contributed by atoms with Crippen LogP contribution in [0.15, 0.2) is 0 Å². The summed E-state index contributed by atoms with van der Waals surface area (Å²) in [6, 6.07) is 0. The highest BCUT2D eigenvalue weighted by molar-refractivity contribution is 7.80. The molecule has 3 heteroatoms. The molecule has 0 aliphatic rings. The number of rotatable bonds is 2. The van der Waals surface area contributed by atoms with Crippen LogP contribution in [0.4, 0.5) is 0 Å². The molecule has 0 aromatic heterocycles. The van der Waals surface area contributed by atoms with E-state index < -0.39 is 0 Å². The lowest BCUT2D eigenvalue weighted by Gasteiger charge is -2.22. The molecule has 0 amide bonds. The van der Waals surface area contributed by atoms with Crippen molar-refractivity contribution in [1.29, 1.82) is 0 Å². The van der Waals surface area contributed by atoms with Crippen LogP contribution in [0.5, 0.6) is 0 Å². The molecule has 0 spiro atoms. The maximum atomic E-state index is 4.10. The third-order valence-corrected chi connectivity index (χ3v) is 0.971. The topological polar surface area (TPSA) is 0 Å². The molecule has 0 saturated heterocycles. The van der Waals surface area contributed by atoms with Crippen LogP contribution >= 0.6 is 21.9 Å². The Hall–Kier alpha value is 0.740. The molecule has 0 aliphatic heterocycles. The third-order valence-electron chi connectivity index (χ3n) is 0.771. The van der Waals surface area contributed by atoms with Crippen LogP contribution in [0, 0.1) is 0 Å². The minimum Gasteiger partial charge on any atom is -0.330 e. The van der Waals surface area contributed by atoms with Gasteiger partial charge in [0.05, 0.1) is 27.7 Å². The summed E-state index contributed by atoms with van der Waals surface area (Å²) in [5.74, 6) is 0.976. The largest absolute Gasteiger partial charge is 0.330 e. The summed E-state index contributed by atoms with van der Waals surface area (Å²) in [5, 5.41) is 0. The van der Waals surface area contributed by atoms with E-state index in [9.17, 15) is 0 Å². The number of thiol groups is 1. The Kier molecular flexibility index (Phi) is 10.5. The molecule has 0 rings (SSSR count). The van der Waals surface area contributed by atoms with Crippen molar-refractivity contribution in [2.24, 2.45) is 0 Å². The minimum absolute atomic E-state index is 0.976. The maximum absolute atomic E-state index is 4.10. The van der Waals surface area contributed by atoms with Gasteiger partial charge >= 0.3 is 0 Å². The lowest BCUT2D eigenvalue weighted by Crippen LogP contribution is -2.36. The van der Waals surface area contributed by atoms with Crippen LogP contribution in [0.1, 0.15) is 6.92 Å². The zero-order valence-corrected chi connectivity index (χ0v) is 9.64. The molecule has 1 nitrogen and oxygen atoms in total. The molecule has 1 unspecified atom stereocenters. The first-order valence-electron chi connectivity index (χ1n) is 3.59. The van der Waals surface area contributed by atoms with E-state index in [1.54, 1.807) is 0 Å². The first kappa shape index (κ1) is 13.3. The molecular formula is C7H21NPS+. The molecule has 0 N–H and O–H groups in total. The van der Waals surface area contributed by atoms with Crippen LogP contribution in [0.3, 0.4) is 0 Å². The van der Waals surface area contributed by atoms with Crippen molar-refractivity contribution in [1.82, 2.24) is 0 Å². The number of quaternary nitrogens is 1. The molecule has 0 saturated carbocycles. The first-order chi connectivity index (χ1) is 4.47. The van der Waals surface area contributed by atoms with E-state index in [1.165, 1.54) is 6.16 Å². The summed E-state index contributed by atoms with van der Waals surface area (Å²) < 4.78 is 1.02. The first-order valence-corrected chi connectivity index (χ1v) is 5.04. The normalized spacial score (nSPS) is 10.2. The van der Waals surface area contributed by atoms with Gasteiger partial charge in [-0.15, -0.1) is 9.24 Å². The van der Waals surface area contributed by atoms with Gasteiger partial charge in [0.15, 0.2) is 0 Å². The predicted octanol–water partition coefficient (Wildman–Crippen LogP) is 1.50. The Morgan fingerprint density at radius 3 is 1.60 bits per heavy atom. The summed E-state index contributed by atoms with van der Waals surface area (Å²) in [6.45, 7) is 3.23. The number of nitrogens with zero attached hydrogens (tertiary/aromatic N) is 1. The van der Waals surface area contributed by atoms with Gasteiger partial charge in [-0.2, -0.15) is 12.6 Å². The zero-order chi connectivity index (χ0) is 8.62. The van der Waals surface area contributed by atoms with Crippen LogP contribution in [0.25, 0.3) is 0 Å². The lowest BCUT2D eigenvalue weighted by atomic mass is 10.6. The second kappa shape index (κ2) is 7.84. The van der Waals surface area contributed by atoms with Crippen molar-refractivity contribution < 1.29 is 4.48 Å². The molecule has 0 heterocycles. The summed E-state index contributed by atoms with van der Waals surface area (Å²) >= 11 is 4.10. The van der Waals surface area contributed by atoms with Gasteiger partial charge in [-0.1, -0.05) is 6.92 Å². The highest BCUT2D eigenvalue weighted by Crippen LogP contribution is 1.88. The van der Waals surface area contributed by atoms with Gasteiger partial charge in [0.25, 0.3) is 0 Å².